The van der Waals surface area contributed by atoms with E-state index in [1.165, 1.54) is 0 Å². The number of hydrogen-bond donors (Lipinski definition) is 1. The Bertz CT molecular complexity index is 469. The highest BCUT2D eigenvalue weighted by Gasteiger charge is 2.23. The largest absolute Gasteiger partial charge is 0.314 e. The van der Waals surface area contributed by atoms with Gasteiger partial charge in [0.15, 0.2) is 0 Å². The molecular formula is C15H23BrN2O2. The number of nitrogens with zero attached hydrogens (tertiary/aromatic N) is 1. The van der Waals surface area contributed by atoms with Gasteiger partial charge in [0.1, 0.15) is 0 Å². The predicted octanol–water partition coefficient (Wildman–Crippen LogP) is 4.31. The zero-order chi connectivity index (χ0) is 15.3. The Morgan fingerprint density at radius 2 is 2.05 bits per heavy atom. The van der Waals surface area contributed by atoms with Gasteiger partial charge in [0.2, 0.25) is 0 Å². The summed E-state index contributed by atoms with van der Waals surface area (Å²) in [5, 5.41) is 14.2. The smallest absolute Gasteiger partial charge is 0.270 e. The molecule has 0 spiro atoms. The third-order valence-electron chi connectivity index (χ3n) is 3.45. The molecular weight excluding hydrogens is 320 g/mol. The molecule has 0 aromatic heterocycles. The summed E-state index contributed by atoms with van der Waals surface area (Å²) < 4.78 is 0.816. The van der Waals surface area contributed by atoms with Gasteiger partial charge in [0.05, 0.1) is 4.92 Å². The van der Waals surface area contributed by atoms with Crippen LogP contribution in [0.4, 0.5) is 5.69 Å². The van der Waals surface area contributed by atoms with Crippen LogP contribution in [0.5, 0.6) is 0 Å². The summed E-state index contributed by atoms with van der Waals surface area (Å²) in [5.41, 5.74) is 1.44. The van der Waals surface area contributed by atoms with E-state index in [1.54, 1.807) is 12.1 Å². The molecule has 20 heavy (non-hydrogen) atoms. The first-order valence-electron chi connectivity index (χ1n) is 6.92. The van der Waals surface area contributed by atoms with Gasteiger partial charge < -0.3 is 5.32 Å². The minimum atomic E-state index is -0.370. The van der Waals surface area contributed by atoms with Crippen LogP contribution in [0.2, 0.25) is 0 Å². The lowest BCUT2D eigenvalue weighted by Crippen LogP contribution is -2.40. The van der Waals surface area contributed by atoms with Crippen molar-refractivity contribution in [1.29, 1.82) is 0 Å². The number of aryl methyl sites for hydroxylation is 1. The van der Waals surface area contributed by atoms with E-state index in [-0.39, 0.29) is 16.0 Å². The standard InChI is InChI=1S/C15H23BrN2O2/c1-5-17-14(15(2,3)4)9-7-11-6-8-12(18(19)20)10-13(11)16/h6,8,10,14,17H,5,7,9H2,1-4H3. The second-order valence-corrected chi connectivity index (χ2v) is 6.90. The summed E-state index contributed by atoms with van der Waals surface area (Å²) in [6.07, 6.45) is 1.90. The summed E-state index contributed by atoms with van der Waals surface area (Å²) in [6, 6.07) is 5.41. The van der Waals surface area contributed by atoms with Crippen LogP contribution in [0.3, 0.4) is 0 Å². The van der Waals surface area contributed by atoms with Crippen molar-refractivity contribution in [1.82, 2.24) is 5.32 Å². The fraction of sp³-hybridized carbons (Fsp3) is 0.600. The summed E-state index contributed by atoms with van der Waals surface area (Å²) >= 11 is 3.43. The Hall–Kier alpha value is -0.940. The number of nitro groups is 1. The number of non-ortho nitro benzene ring substituents is 1. The maximum absolute atomic E-state index is 10.7. The van der Waals surface area contributed by atoms with Gasteiger partial charge in [-0.3, -0.25) is 10.1 Å². The SMILES string of the molecule is CCNC(CCc1ccc([N+](=O)[O-])cc1Br)C(C)(C)C. The van der Waals surface area contributed by atoms with E-state index in [2.05, 4.69) is 48.9 Å². The molecule has 0 amide bonds. The zero-order valence-corrected chi connectivity index (χ0v) is 14.2. The van der Waals surface area contributed by atoms with Crippen LogP contribution in [0.1, 0.15) is 39.7 Å². The van der Waals surface area contributed by atoms with Gasteiger partial charge in [-0.2, -0.15) is 0 Å². The zero-order valence-electron chi connectivity index (χ0n) is 12.6. The Morgan fingerprint density at radius 3 is 2.50 bits per heavy atom. The molecule has 0 aliphatic rings. The van der Waals surface area contributed by atoms with Crippen LogP contribution in [-0.4, -0.2) is 17.5 Å². The lowest BCUT2D eigenvalue weighted by Gasteiger charge is -2.31. The van der Waals surface area contributed by atoms with Crippen LogP contribution in [0.15, 0.2) is 22.7 Å². The quantitative estimate of drug-likeness (QED) is 0.618. The van der Waals surface area contributed by atoms with E-state index in [9.17, 15) is 10.1 Å². The molecule has 112 valence electrons. The Kier molecular flexibility index (Phi) is 6.14. The van der Waals surface area contributed by atoms with Gasteiger partial charge in [-0.05, 0) is 30.4 Å². The Morgan fingerprint density at radius 1 is 1.40 bits per heavy atom. The molecule has 1 atom stereocenters. The van der Waals surface area contributed by atoms with Crippen molar-refractivity contribution in [2.75, 3.05) is 6.54 Å². The van der Waals surface area contributed by atoms with Crippen molar-refractivity contribution < 1.29 is 4.92 Å². The molecule has 0 bridgehead atoms. The first kappa shape index (κ1) is 17.1. The van der Waals surface area contributed by atoms with Crippen LogP contribution in [0.25, 0.3) is 0 Å². The molecule has 0 saturated carbocycles. The van der Waals surface area contributed by atoms with E-state index in [0.29, 0.717) is 6.04 Å². The molecule has 1 aromatic carbocycles. The second-order valence-electron chi connectivity index (χ2n) is 6.05. The lowest BCUT2D eigenvalue weighted by atomic mass is 9.83. The van der Waals surface area contributed by atoms with Crippen molar-refractivity contribution in [2.24, 2.45) is 5.41 Å². The van der Waals surface area contributed by atoms with Gasteiger partial charge in [0.25, 0.3) is 5.69 Å². The first-order chi connectivity index (χ1) is 9.25. The van der Waals surface area contributed by atoms with Crippen LogP contribution >= 0.6 is 15.9 Å². The van der Waals surface area contributed by atoms with E-state index < -0.39 is 0 Å². The number of benzene rings is 1. The van der Waals surface area contributed by atoms with Gasteiger partial charge in [-0.25, -0.2) is 0 Å². The topological polar surface area (TPSA) is 55.2 Å². The van der Waals surface area contributed by atoms with Crippen molar-refractivity contribution in [2.45, 2.75) is 46.6 Å². The molecule has 5 heteroatoms. The molecule has 0 heterocycles. The third-order valence-corrected chi connectivity index (χ3v) is 4.18. The highest BCUT2D eigenvalue weighted by Crippen LogP contribution is 2.27. The van der Waals surface area contributed by atoms with Crippen LogP contribution in [0, 0.1) is 15.5 Å². The predicted molar refractivity (Wildman–Crippen MR) is 86.0 cm³/mol. The normalized spacial score (nSPS) is 13.2. The van der Waals surface area contributed by atoms with Crippen molar-refractivity contribution in [3.05, 3.63) is 38.3 Å². The van der Waals surface area contributed by atoms with Crippen LogP contribution < -0.4 is 5.32 Å². The highest BCUT2D eigenvalue weighted by atomic mass is 79.9. The fourth-order valence-corrected chi connectivity index (χ4v) is 2.80. The van der Waals surface area contributed by atoms with Gasteiger partial charge >= 0.3 is 0 Å². The number of hydrogen-bond acceptors (Lipinski definition) is 3. The van der Waals surface area contributed by atoms with Crippen molar-refractivity contribution >= 4 is 21.6 Å². The maximum atomic E-state index is 10.7. The first-order valence-corrected chi connectivity index (χ1v) is 7.71. The Labute approximate surface area is 129 Å². The van der Waals surface area contributed by atoms with E-state index in [4.69, 9.17) is 0 Å². The number of nitrogens with one attached hydrogen (secondary N) is 1. The third kappa shape index (κ3) is 4.87. The number of nitro benzene ring substituents is 1. The number of rotatable bonds is 6. The molecule has 4 nitrogen and oxygen atoms in total. The molecule has 0 radical (unpaired) electrons. The van der Waals surface area contributed by atoms with Gasteiger partial charge in [-0.15, -0.1) is 0 Å². The fourth-order valence-electron chi connectivity index (χ4n) is 2.24. The monoisotopic (exact) mass is 342 g/mol. The molecule has 0 aliphatic heterocycles. The number of halogens is 1. The van der Waals surface area contributed by atoms with E-state index in [0.717, 1.165) is 29.4 Å². The molecule has 1 rings (SSSR count). The minimum absolute atomic E-state index is 0.125. The van der Waals surface area contributed by atoms with Crippen LogP contribution in [-0.2, 0) is 6.42 Å². The highest BCUT2D eigenvalue weighted by molar-refractivity contribution is 9.10. The molecule has 0 aliphatic carbocycles. The molecule has 1 aromatic rings. The molecule has 0 saturated heterocycles. The summed E-state index contributed by atoms with van der Waals surface area (Å²) in [7, 11) is 0. The average molecular weight is 343 g/mol. The van der Waals surface area contributed by atoms with Crippen molar-refractivity contribution in [3.63, 3.8) is 0 Å². The van der Waals surface area contributed by atoms with Gasteiger partial charge in [-0.1, -0.05) is 49.7 Å². The molecule has 0 fully saturated rings. The van der Waals surface area contributed by atoms with E-state index in [1.807, 2.05) is 6.07 Å². The Balaban J connectivity index is 2.76. The van der Waals surface area contributed by atoms with Crippen molar-refractivity contribution in [3.8, 4) is 0 Å². The summed E-state index contributed by atoms with van der Waals surface area (Å²) in [6.45, 7) is 9.74. The van der Waals surface area contributed by atoms with E-state index >= 15 is 0 Å². The minimum Gasteiger partial charge on any atom is -0.314 e. The molecule has 1 unspecified atom stereocenters. The second kappa shape index (κ2) is 7.18. The lowest BCUT2D eigenvalue weighted by molar-refractivity contribution is -0.384. The maximum Gasteiger partial charge on any atom is 0.270 e. The summed E-state index contributed by atoms with van der Waals surface area (Å²) in [4.78, 5) is 10.4. The summed E-state index contributed by atoms with van der Waals surface area (Å²) in [5.74, 6) is 0. The molecule has 1 N–H and O–H groups in total. The average Bonchev–Trinajstić information content (AvgIpc) is 2.34. The van der Waals surface area contributed by atoms with Gasteiger partial charge in [0, 0.05) is 22.6 Å².